The van der Waals surface area contributed by atoms with Gasteiger partial charge in [0.05, 0.1) is 5.69 Å². The maximum absolute atomic E-state index is 5.42. The van der Waals surface area contributed by atoms with Crippen molar-refractivity contribution in [1.29, 1.82) is 0 Å². The Balaban J connectivity index is 2.43. The molecule has 0 aliphatic heterocycles. The van der Waals surface area contributed by atoms with Gasteiger partial charge in [0.25, 0.3) is 6.01 Å². The zero-order chi connectivity index (χ0) is 12.0. The van der Waals surface area contributed by atoms with Gasteiger partial charge in [-0.2, -0.15) is 16.7 Å². The van der Waals surface area contributed by atoms with Gasteiger partial charge in [0.1, 0.15) is 6.26 Å². The lowest BCUT2D eigenvalue weighted by Gasteiger charge is -2.12. The van der Waals surface area contributed by atoms with Crippen molar-refractivity contribution < 1.29 is 4.42 Å². The van der Waals surface area contributed by atoms with Gasteiger partial charge >= 0.3 is 0 Å². The number of aromatic nitrogens is 1. The average molecular weight is 243 g/mol. The molecule has 0 aliphatic carbocycles. The molecule has 0 aromatic carbocycles. The molecule has 0 spiro atoms. The Labute approximate surface area is 102 Å². The van der Waals surface area contributed by atoms with Gasteiger partial charge in [-0.25, -0.2) is 0 Å². The van der Waals surface area contributed by atoms with Crippen LogP contribution in [-0.2, 0) is 6.54 Å². The lowest BCUT2D eigenvalue weighted by atomic mass is 10.4. The Bertz CT molecular complexity index is 301. The monoisotopic (exact) mass is 243 g/mol. The summed E-state index contributed by atoms with van der Waals surface area (Å²) in [4.78, 5) is 6.46. The van der Waals surface area contributed by atoms with Crippen LogP contribution in [0.4, 0.5) is 6.01 Å². The van der Waals surface area contributed by atoms with E-state index in [1.807, 2.05) is 23.7 Å². The quantitative estimate of drug-likeness (QED) is 0.793. The van der Waals surface area contributed by atoms with Gasteiger partial charge in [-0.15, -0.1) is 0 Å². The first kappa shape index (κ1) is 13.4. The van der Waals surface area contributed by atoms with Crippen molar-refractivity contribution in [2.45, 2.75) is 26.4 Å². The lowest BCUT2D eigenvalue weighted by Crippen LogP contribution is -2.23. The van der Waals surface area contributed by atoms with Crippen molar-refractivity contribution in [1.82, 2.24) is 10.3 Å². The summed E-state index contributed by atoms with van der Waals surface area (Å²) < 4.78 is 5.42. The number of anilines is 1. The first-order valence-electron chi connectivity index (χ1n) is 5.51. The summed E-state index contributed by atoms with van der Waals surface area (Å²) in [6.07, 6.45) is 3.82. The van der Waals surface area contributed by atoms with Crippen LogP contribution in [0.15, 0.2) is 10.7 Å². The molecule has 1 aromatic rings. The number of thioether (sulfide) groups is 1. The molecule has 0 radical (unpaired) electrons. The summed E-state index contributed by atoms with van der Waals surface area (Å²) in [6, 6.07) is 1.17. The van der Waals surface area contributed by atoms with Crippen molar-refractivity contribution in [2.75, 3.05) is 30.5 Å². The summed E-state index contributed by atoms with van der Waals surface area (Å²) in [5, 5.41) is 3.31. The van der Waals surface area contributed by atoms with Crippen molar-refractivity contribution in [2.24, 2.45) is 0 Å². The van der Waals surface area contributed by atoms with E-state index in [0.717, 1.165) is 24.5 Å². The minimum Gasteiger partial charge on any atom is -0.432 e. The van der Waals surface area contributed by atoms with Crippen LogP contribution in [0.5, 0.6) is 0 Å². The molecule has 1 N–H and O–H groups in total. The van der Waals surface area contributed by atoms with E-state index >= 15 is 0 Å². The van der Waals surface area contributed by atoms with Crippen LogP contribution in [0.25, 0.3) is 0 Å². The summed E-state index contributed by atoms with van der Waals surface area (Å²) in [6.45, 7) is 5.95. The minimum atomic E-state index is 0.467. The first-order chi connectivity index (χ1) is 7.63. The molecular weight excluding hydrogens is 222 g/mol. The van der Waals surface area contributed by atoms with Crippen LogP contribution in [0.3, 0.4) is 0 Å². The fourth-order valence-electron chi connectivity index (χ4n) is 1.19. The standard InChI is InChI=1S/C11H21N3OS/c1-9(2)12-7-10-8-15-11(13-10)14(3)5-6-16-4/h8-9,12H,5-7H2,1-4H3. The summed E-state index contributed by atoms with van der Waals surface area (Å²) in [7, 11) is 2.00. The molecule has 0 bridgehead atoms. The maximum Gasteiger partial charge on any atom is 0.297 e. The van der Waals surface area contributed by atoms with Crippen LogP contribution in [0.2, 0.25) is 0 Å². The topological polar surface area (TPSA) is 41.3 Å². The normalized spacial score (nSPS) is 11.1. The summed E-state index contributed by atoms with van der Waals surface area (Å²) in [5.74, 6) is 1.08. The number of oxazole rings is 1. The van der Waals surface area contributed by atoms with Crippen molar-refractivity contribution >= 4 is 17.8 Å². The van der Waals surface area contributed by atoms with E-state index < -0.39 is 0 Å². The van der Waals surface area contributed by atoms with Gasteiger partial charge < -0.3 is 14.6 Å². The molecule has 0 amide bonds. The Hall–Kier alpha value is -0.680. The van der Waals surface area contributed by atoms with Crippen molar-refractivity contribution in [3.05, 3.63) is 12.0 Å². The molecule has 0 unspecified atom stereocenters. The number of nitrogens with one attached hydrogen (secondary N) is 1. The molecule has 1 rings (SSSR count). The SMILES string of the molecule is CSCCN(C)c1nc(CNC(C)C)co1. The molecule has 0 fully saturated rings. The van der Waals surface area contributed by atoms with Gasteiger partial charge in [-0.3, -0.25) is 0 Å². The third-order valence-electron chi connectivity index (χ3n) is 2.19. The van der Waals surface area contributed by atoms with Crippen LogP contribution < -0.4 is 10.2 Å². The van der Waals surface area contributed by atoms with Gasteiger partial charge in [-0.1, -0.05) is 13.8 Å². The third-order valence-corrected chi connectivity index (χ3v) is 2.78. The Morgan fingerprint density at radius 2 is 2.31 bits per heavy atom. The highest BCUT2D eigenvalue weighted by Crippen LogP contribution is 2.12. The van der Waals surface area contributed by atoms with Gasteiger partial charge in [0.2, 0.25) is 0 Å². The smallest absolute Gasteiger partial charge is 0.297 e. The largest absolute Gasteiger partial charge is 0.432 e. The zero-order valence-corrected chi connectivity index (χ0v) is 11.3. The Kier molecular flexibility index (Phi) is 5.69. The molecule has 0 atom stereocenters. The summed E-state index contributed by atoms with van der Waals surface area (Å²) in [5.41, 5.74) is 0.958. The fourth-order valence-corrected chi connectivity index (χ4v) is 1.64. The van der Waals surface area contributed by atoms with Gasteiger partial charge in [0, 0.05) is 31.9 Å². The highest BCUT2D eigenvalue weighted by Gasteiger charge is 2.08. The minimum absolute atomic E-state index is 0.467. The van der Waals surface area contributed by atoms with Crippen molar-refractivity contribution in [3.63, 3.8) is 0 Å². The second-order valence-corrected chi connectivity index (χ2v) is 5.06. The molecule has 16 heavy (non-hydrogen) atoms. The van der Waals surface area contributed by atoms with Crippen LogP contribution in [0, 0.1) is 0 Å². The van der Waals surface area contributed by atoms with E-state index in [4.69, 9.17) is 4.42 Å². The van der Waals surface area contributed by atoms with E-state index in [-0.39, 0.29) is 0 Å². The predicted molar refractivity (Wildman–Crippen MR) is 70.1 cm³/mol. The molecule has 1 heterocycles. The van der Waals surface area contributed by atoms with E-state index in [1.165, 1.54) is 0 Å². The average Bonchev–Trinajstić information content (AvgIpc) is 2.71. The zero-order valence-electron chi connectivity index (χ0n) is 10.5. The number of hydrogen-bond donors (Lipinski definition) is 1. The fraction of sp³-hybridized carbons (Fsp3) is 0.727. The molecule has 1 aromatic heterocycles. The van der Waals surface area contributed by atoms with Crippen LogP contribution in [-0.4, -0.2) is 36.6 Å². The number of rotatable bonds is 7. The molecule has 0 aliphatic rings. The second kappa shape index (κ2) is 6.81. The molecular formula is C11H21N3OS. The molecule has 0 saturated heterocycles. The molecule has 5 heteroatoms. The third kappa shape index (κ3) is 4.45. The van der Waals surface area contributed by atoms with Gasteiger partial charge in [0.15, 0.2) is 0 Å². The van der Waals surface area contributed by atoms with Crippen molar-refractivity contribution in [3.8, 4) is 0 Å². The Morgan fingerprint density at radius 1 is 1.56 bits per heavy atom. The second-order valence-electron chi connectivity index (χ2n) is 4.07. The lowest BCUT2D eigenvalue weighted by molar-refractivity contribution is 0.543. The highest BCUT2D eigenvalue weighted by molar-refractivity contribution is 7.98. The van der Waals surface area contributed by atoms with Crippen LogP contribution >= 0.6 is 11.8 Å². The predicted octanol–water partition coefficient (Wildman–Crippen LogP) is 1.97. The highest BCUT2D eigenvalue weighted by atomic mass is 32.2. The Morgan fingerprint density at radius 3 is 2.94 bits per heavy atom. The van der Waals surface area contributed by atoms with Gasteiger partial charge in [-0.05, 0) is 6.26 Å². The first-order valence-corrected chi connectivity index (χ1v) is 6.90. The molecule has 4 nitrogen and oxygen atoms in total. The maximum atomic E-state index is 5.42. The van der Waals surface area contributed by atoms with E-state index in [9.17, 15) is 0 Å². The number of nitrogens with zero attached hydrogens (tertiary/aromatic N) is 2. The molecule has 92 valence electrons. The van der Waals surface area contributed by atoms with Crippen LogP contribution in [0.1, 0.15) is 19.5 Å². The van der Waals surface area contributed by atoms with E-state index in [1.54, 1.807) is 6.26 Å². The van der Waals surface area contributed by atoms with E-state index in [2.05, 4.69) is 30.4 Å². The summed E-state index contributed by atoms with van der Waals surface area (Å²) >= 11 is 1.82. The number of hydrogen-bond acceptors (Lipinski definition) is 5. The molecule has 0 saturated carbocycles. The van der Waals surface area contributed by atoms with E-state index in [0.29, 0.717) is 12.1 Å².